The number of nitrogens with zero attached hydrogens (tertiary/aromatic N) is 2. The molecule has 6 nitrogen and oxygen atoms in total. The lowest BCUT2D eigenvalue weighted by Crippen LogP contribution is -2.44. The molecule has 112 valence electrons. The van der Waals surface area contributed by atoms with Gasteiger partial charge in [-0.1, -0.05) is 6.42 Å². The number of aromatic nitrogens is 2. The van der Waals surface area contributed by atoms with Crippen LogP contribution in [0.1, 0.15) is 37.1 Å². The number of carbonyl (C=O) groups is 1. The highest BCUT2D eigenvalue weighted by Crippen LogP contribution is 2.20. The van der Waals surface area contributed by atoms with E-state index in [1.807, 2.05) is 13.8 Å². The summed E-state index contributed by atoms with van der Waals surface area (Å²) in [6.45, 7) is 5.91. The highest BCUT2D eigenvalue weighted by Gasteiger charge is 2.24. The lowest BCUT2D eigenvalue weighted by Gasteiger charge is -2.35. The third kappa shape index (κ3) is 3.58. The summed E-state index contributed by atoms with van der Waals surface area (Å²) >= 11 is 0. The number of carbonyl (C=O) groups excluding carboxylic acids is 1. The topological polar surface area (TPSA) is 87.0 Å². The predicted molar refractivity (Wildman–Crippen MR) is 79.6 cm³/mol. The van der Waals surface area contributed by atoms with Gasteiger partial charge in [0.1, 0.15) is 0 Å². The van der Waals surface area contributed by atoms with Crippen molar-refractivity contribution in [3.63, 3.8) is 0 Å². The van der Waals surface area contributed by atoms with E-state index in [-0.39, 0.29) is 5.91 Å². The first kappa shape index (κ1) is 15.0. The minimum atomic E-state index is 0.0292. The SMILES string of the molecule is Cc1n[nH]c(C)c1NC(=O)CN1CCCCC1CCN. The minimum Gasteiger partial charge on any atom is -0.330 e. The molecule has 6 heteroatoms. The molecule has 1 saturated heterocycles. The van der Waals surface area contributed by atoms with E-state index in [1.165, 1.54) is 6.42 Å². The number of rotatable bonds is 5. The molecule has 1 atom stereocenters. The number of nitrogens with two attached hydrogens (primary N) is 1. The van der Waals surface area contributed by atoms with Crippen molar-refractivity contribution >= 4 is 11.6 Å². The van der Waals surface area contributed by atoms with Crippen LogP contribution in [0.3, 0.4) is 0 Å². The first-order valence-electron chi connectivity index (χ1n) is 7.37. The zero-order valence-corrected chi connectivity index (χ0v) is 12.4. The molecule has 2 rings (SSSR count). The second-order valence-electron chi connectivity index (χ2n) is 5.55. The van der Waals surface area contributed by atoms with Crippen LogP contribution in [0.4, 0.5) is 5.69 Å². The molecule has 1 amide bonds. The third-order valence-corrected chi connectivity index (χ3v) is 3.99. The maximum Gasteiger partial charge on any atom is 0.238 e. The van der Waals surface area contributed by atoms with E-state index >= 15 is 0 Å². The summed E-state index contributed by atoms with van der Waals surface area (Å²) in [6, 6.07) is 0.450. The monoisotopic (exact) mass is 279 g/mol. The first-order chi connectivity index (χ1) is 9.61. The van der Waals surface area contributed by atoms with Gasteiger partial charge in [-0.15, -0.1) is 0 Å². The summed E-state index contributed by atoms with van der Waals surface area (Å²) < 4.78 is 0. The summed E-state index contributed by atoms with van der Waals surface area (Å²) in [5, 5.41) is 9.93. The number of H-pyrrole nitrogens is 1. The number of nitrogens with one attached hydrogen (secondary N) is 2. The van der Waals surface area contributed by atoms with Gasteiger partial charge in [0.2, 0.25) is 5.91 Å². The minimum absolute atomic E-state index is 0.0292. The Balaban J connectivity index is 1.93. The van der Waals surface area contributed by atoms with Gasteiger partial charge in [-0.05, 0) is 46.2 Å². The molecular weight excluding hydrogens is 254 g/mol. The van der Waals surface area contributed by atoms with E-state index in [0.717, 1.165) is 42.9 Å². The number of hydrogen-bond acceptors (Lipinski definition) is 4. The van der Waals surface area contributed by atoms with Gasteiger partial charge in [-0.2, -0.15) is 5.10 Å². The lowest BCUT2D eigenvalue weighted by atomic mass is 9.99. The third-order valence-electron chi connectivity index (χ3n) is 3.99. The maximum atomic E-state index is 12.2. The molecule has 1 aromatic rings. The number of aromatic amines is 1. The van der Waals surface area contributed by atoms with E-state index in [1.54, 1.807) is 0 Å². The number of aryl methyl sites for hydroxylation is 2. The van der Waals surface area contributed by atoms with Gasteiger partial charge in [-0.25, -0.2) is 0 Å². The Morgan fingerprint density at radius 1 is 1.50 bits per heavy atom. The normalized spacial score (nSPS) is 20.1. The van der Waals surface area contributed by atoms with Gasteiger partial charge >= 0.3 is 0 Å². The van der Waals surface area contributed by atoms with Crippen LogP contribution in [0.2, 0.25) is 0 Å². The molecule has 0 aliphatic carbocycles. The summed E-state index contributed by atoms with van der Waals surface area (Å²) in [6.07, 6.45) is 4.52. The first-order valence-corrected chi connectivity index (χ1v) is 7.37. The van der Waals surface area contributed by atoms with E-state index in [0.29, 0.717) is 19.1 Å². The van der Waals surface area contributed by atoms with Crippen LogP contribution < -0.4 is 11.1 Å². The summed E-state index contributed by atoms with van der Waals surface area (Å²) in [7, 11) is 0. The summed E-state index contributed by atoms with van der Waals surface area (Å²) in [4.78, 5) is 14.5. The Labute approximate surface area is 120 Å². The molecule has 4 N–H and O–H groups in total. The quantitative estimate of drug-likeness (QED) is 0.755. The standard InChI is InChI=1S/C14H25N5O/c1-10-14(11(2)18-17-10)16-13(20)9-19-8-4-3-5-12(19)6-7-15/h12H,3-9,15H2,1-2H3,(H,16,20)(H,17,18). The molecule has 0 bridgehead atoms. The van der Waals surface area contributed by atoms with Crippen molar-refractivity contribution in [2.75, 3.05) is 25.0 Å². The summed E-state index contributed by atoms with van der Waals surface area (Å²) in [5.41, 5.74) is 8.19. The predicted octanol–water partition coefficient (Wildman–Crippen LogP) is 1.17. The van der Waals surface area contributed by atoms with Gasteiger partial charge in [0.25, 0.3) is 0 Å². The lowest BCUT2D eigenvalue weighted by molar-refractivity contribution is -0.118. The van der Waals surface area contributed by atoms with Crippen LogP contribution in [0, 0.1) is 13.8 Å². The number of amides is 1. The summed E-state index contributed by atoms with van der Waals surface area (Å²) in [5.74, 6) is 0.0292. The highest BCUT2D eigenvalue weighted by molar-refractivity contribution is 5.93. The number of likely N-dealkylation sites (tertiary alicyclic amines) is 1. The molecule has 1 aliphatic heterocycles. The molecule has 0 spiro atoms. The molecule has 0 aromatic carbocycles. The van der Waals surface area contributed by atoms with Crippen LogP contribution in [-0.4, -0.2) is 46.7 Å². The van der Waals surface area contributed by atoms with Crippen LogP contribution >= 0.6 is 0 Å². The molecule has 20 heavy (non-hydrogen) atoms. The van der Waals surface area contributed by atoms with E-state index in [4.69, 9.17) is 5.73 Å². The van der Waals surface area contributed by atoms with Crippen molar-refractivity contribution in [1.29, 1.82) is 0 Å². The molecule has 0 saturated carbocycles. The van der Waals surface area contributed by atoms with Gasteiger partial charge < -0.3 is 11.1 Å². The van der Waals surface area contributed by atoms with E-state index in [9.17, 15) is 4.79 Å². The molecule has 1 fully saturated rings. The average Bonchev–Trinajstić information content (AvgIpc) is 2.73. The fourth-order valence-electron chi connectivity index (χ4n) is 2.89. The number of anilines is 1. The second-order valence-corrected chi connectivity index (χ2v) is 5.55. The fraction of sp³-hybridized carbons (Fsp3) is 0.714. The molecule has 0 radical (unpaired) electrons. The smallest absolute Gasteiger partial charge is 0.238 e. The van der Waals surface area contributed by atoms with Crippen molar-refractivity contribution < 1.29 is 4.79 Å². The van der Waals surface area contributed by atoms with Crippen molar-refractivity contribution in [3.05, 3.63) is 11.4 Å². The van der Waals surface area contributed by atoms with E-state index < -0.39 is 0 Å². The van der Waals surface area contributed by atoms with Crippen molar-refractivity contribution in [2.24, 2.45) is 5.73 Å². The molecular formula is C14H25N5O. The molecule has 2 heterocycles. The highest BCUT2D eigenvalue weighted by atomic mass is 16.2. The van der Waals surface area contributed by atoms with Gasteiger partial charge in [-0.3, -0.25) is 14.8 Å². The van der Waals surface area contributed by atoms with Crippen molar-refractivity contribution in [3.8, 4) is 0 Å². The van der Waals surface area contributed by atoms with Crippen LogP contribution in [0.25, 0.3) is 0 Å². The molecule has 1 unspecified atom stereocenters. The number of hydrogen-bond donors (Lipinski definition) is 3. The van der Waals surface area contributed by atoms with Gasteiger partial charge in [0, 0.05) is 6.04 Å². The molecule has 1 aromatic heterocycles. The van der Waals surface area contributed by atoms with Crippen molar-refractivity contribution in [2.45, 2.75) is 45.6 Å². The van der Waals surface area contributed by atoms with Crippen LogP contribution in [-0.2, 0) is 4.79 Å². The molecule has 1 aliphatic rings. The maximum absolute atomic E-state index is 12.2. The van der Waals surface area contributed by atoms with E-state index in [2.05, 4.69) is 20.4 Å². The van der Waals surface area contributed by atoms with Gasteiger partial charge in [0.05, 0.1) is 23.6 Å². The number of piperidine rings is 1. The Kier molecular flexibility index (Phi) is 5.14. The zero-order valence-electron chi connectivity index (χ0n) is 12.4. The largest absolute Gasteiger partial charge is 0.330 e. The fourth-order valence-corrected chi connectivity index (χ4v) is 2.89. The van der Waals surface area contributed by atoms with Gasteiger partial charge in [0.15, 0.2) is 0 Å². The van der Waals surface area contributed by atoms with Crippen LogP contribution in [0.15, 0.2) is 0 Å². The average molecular weight is 279 g/mol. The van der Waals surface area contributed by atoms with Crippen LogP contribution in [0.5, 0.6) is 0 Å². The Morgan fingerprint density at radius 2 is 2.30 bits per heavy atom. The second kappa shape index (κ2) is 6.85. The Bertz CT molecular complexity index is 435. The Morgan fingerprint density at radius 3 is 2.95 bits per heavy atom. The zero-order chi connectivity index (χ0) is 14.5. The van der Waals surface area contributed by atoms with Crippen molar-refractivity contribution in [1.82, 2.24) is 15.1 Å². The Hall–Kier alpha value is -1.40.